The molecule has 54 heavy (non-hydrogen) atoms. The van der Waals surface area contributed by atoms with Crippen molar-refractivity contribution in [2.45, 2.75) is 168 Å². The molecule has 0 bridgehead atoms. The molecular weight excluding hydrogens is 671 g/mol. The van der Waals surface area contributed by atoms with Gasteiger partial charge in [-0.05, 0) is 89.9 Å². The molecule has 0 fully saturated rings. The molecule has 0 aromatic carbocycles. The lowest BCUT2D eigenvalue weighted by Crippen LogP contribution is -2.42. The van der Waals surface area contributed by atoms with Crippen LogP contribution in [0.15, 0.2) is 85.1 Å². The largest absolute Gasteiger partial charge is 0.446 e. The van der Waals surface area contributed by atoms with Crippen molar-refractivity contribution in [1.82, 2.24) is 15.5 Å². The minimum absolute atomic E-state index is 0.0503. The van der Waals surface area contributed by atoms with Crippen LogP contribution in [0.5, 0.6) is 0 Å². The van der Waals surface area contributed by atoms with E-state index in [1.807, 2.05) is 0 Å². The third-order valence-electron chi connectivity index (χ3n) is 9.01. The Morgan fingerprint density at radius 3 is 1.43 bits per heavy atom. The van der Waals surface area contributed by atoms with Crippen molar-refractivity contribution in [3.63, 3.8) is 0 Å². The van der Waals surface area contributed by atoms with E-state index in [0.717, 1.165) is 77.0 Å². The zero-order valence-electron chi connectivity index (χ0n) is 34.9. The van der Waals surface area contributed by atoms with Crippen LogP contribution in [0.3, 0.4) is 0 Å². The monoisotopic (exact) mass is 750 g/mol. The van der Waals surface area contributed by atoms with Crippen LogP contribution < -0.4 is 10.6 Å². The Balaban J connectivity index is 4.43. The summed E-state index contributed by atoms with van der Waals surface area (Å²) in [6.07, 6.45) is 53.6. The number of hydrogen-bond acceptors (Lipinski definition) is 4. The van der Waals surface area contributed by atoms with E-state index in [0.29, 0.717) is 13.0 Å². The fourth-order valence-electron chi connectivity index (χ4n) is 5.69. The first-order valence-electron chi connectivity index (χ1n) is 21.4. The number of nitrogens with one attached hydrogen (secondary N) is 2. The number of nitrogens with zero attached hydrogens (tertiary/aromatic N) is 1. The normalized spacial score (nSPS) is 12.8. The summed E-state index contributed by atoms with van der Waals surface area (Å²) in [7, 11) is 3.16. The Kier molecular flexibility index (Phi) is 37.9. The molecule has 7 nitrogen and oxygen atoms in total. The Bertz CT molecular complexity index is 1120. The average molecular weight is 750 g/mol. The Labute approximate surface area is 331 Å². The molecule has 0 aliphatic carbocycles. The summed E-state index contributed by atoms with van der Waals surface area (Å²) in [6, 6.07) is 0. The van der Waals surface area contributed by atoms with Gasteiger partial charge < -0.3 is 15.4 Å². The van der Waals surface area contributed by atoms with Crippen molar-refractivity contribution >= 4 is 17.9 Å². The highest BCUT2D eigenvalue weighted by Gasteiger charge is 2.23. The van der Waals surface area contributed by atoms with Crippen molar-refractivity contribution in [1.29, 1.82) is 0 Å². The molecule has 0 saturated carbocycles. The Morgan fingerprint density at radius 2 is 0.944 bits per heavy atom. The lowest BCUT2D eigenvalue weighted by atomic mass is 10.1. The van der Waals surface area contributed by atoms with Crippen LogP contribution in [-0.2, 0) is 14.3 Å². The van der Waals surface area contributed by atoms with E-state index < -0.39 is 12.2 Å². The van der Waals surface area contributed by atoms with Gasteiger partial charge in [0.25, 0.3) is 0 Å². The van der Waals surface area contributed by atoms with Crippen molar-refractivity contribution in [2.75, 3.05) is 27.2 Å². The van der Waals surface area contributed by atoms with Gasteiger partial charge in [-0.1, -0.05) is 150 Å². The molecule has 1 atom stereocenters. The van der Waals surface area contributed by atoms with Crippen molar-refractivity contribution in [2.24, 2.45) is 0 Å². The minimum atomic E-state index is -0.541. The summed E-state index contributed by atoms with van der Waals surface area (Å²) in [4.78, 5) is 39.1. The predicted octanol–water partition coefficient (Wildman–Crippen LogP) is 12.2. The van der Waals surface area contributed by atoms with Gasteiger partial charge in [0, 0.05) is 20.6 Å². The zero-order valence-corrected chi connectivity index (χ0v) is 34.9. The van der Waals surface area contributed by atoms with Gasteiger partial charge in [0.05, 0.1) is 6.42 Å². The van der Waals surface area contributed by atoms with E-state index in [-0.39, 0.29) is 24.8 Å². The summed E-state index contributed by atoms with van der Waals surface area (Å²) >= 11 is 0. The number of ether oxygens (including phenoxy) is 1. The molecule has 0 spiro atoms. The number of hydrogen-bond donors (Lipinski definition) is 2. The molecular formula is C47H79N3O4. The molecule has 0 heterocycles. The number of amides is 3. The molecule has 2 N–H and O–H groups in total. The van der Waals surface area contributed by atoms with Gasteiger partial charge in [0.1, 0.15) is 12.6 Å². The van der Waals surface area contributed by atoms with Gasteiger partial charge in [-0.3, -0.25) is 14.5 Å². The van der Waals surface area contributed by atoms with Gasteiger partial charge in [0.2, 0.25) is 11.8 Å². The molecule has 0 aromatic rings. The second-order valence-corrected chi connectivity index (χ2v) is 13.9. The summed E-state index contributed by atoms with van der Waals surface area (Å²) in [5.74, 6) is -0.403. The van der Waals surface area contributed by atoms with Crippen LogP contribution in [-0.4, -0.2) is 56.1 Å². The van der Waals surface area contributed by atoms with Crippen LogP contribution >= 0.6 is 0 Å². The summed E-state index contributed by atoms with van der Waals surface area (Å²) in [6.45, 7) is 4.79. The Hall–Kier alpha value is -3.61. The number of carbonyl (C=O) groups is 3. The van der Waals surface area contributed by atoms with E-state index in [1.165, 1.54) is 62.7 Å². The van der Waals surface area contributed by atoms with Crippen LogP contribution in [0.1, 0.15) is 162 Å². The van der Waals surface area contributed by atoms with Crippen molar-refractivity contribution < 1.29 is 19.1 Å². The first-order valence-corrected chi connectivity index (χ1v) is 21.4. The molecule has 0 saturated heterocycles. The number of unbranched alkanes of at least 4 members (excludes halogenated alkanes) is 12. The molecule has 0 radical (unpaired) electrons. The van der Waals surface area contributed by atoms with E-state index in [2.05, 4.69) is 110 Å². The molecule has 1 unspecified atom stereocenters. The molecule has 0 aliphatic heterocycles. The Morgan fingerprint density at radius 1 is 0.519 bits per heavy atom. The standard InChI is InChI=1S/C47H79N3O4/c1-5-7-9-11-13-15-17-19-21-23-25-27-29-31-33-35-37-39-41-50(43-46(52)49-4)47(53)54-44(42-45(51)48-3)40-38-36-34-32-30-28-26-24-22-20-18-16-14-12-10-8-6-2/h7,9,13-16,19-22,26,28,32,34,44H,5-6,8,10-12,17-18,23-25,27,29-31,33,35-43H2,1-4H3,(H,48,51)(H,49,52)/b9-7+,15-13+,16-14+,21-19+,22-20+,28-26+,34-32+. The third-order valence-corrected chi connectivity index (χ3v) is 9.01. The first-order chi connectivity index (χ1) is 26.5. The predicted molar refractivity (Wildman–Crippen MR) is 231 cm³/mol. The lowest BCUT2D eigenvalue weighted by molar-refractivity contribution is -0.124. The fraction of sp³-hybridized carbons (Fsp3) is 0.638. The van der Waals surface area contributed by atoms with Crippen LogP contribution in [0.4, 0.5) is 4.79 Å². The van der Waals surface area contributed by atoms with E-state index >= 15 is 0 Å². The second-order valence-electron chi connectivity index (χ2n) is 13.9. The average Bonchev–Trinajstić information content (AvgIpc) is 3.17. The molecule has 0 aromatic heterocycles. The number of rotatable bonds is 35. The zero-order chi connectivity index (χ0) is 39.6. The highest BCUT2D eigenvalue weighted by atomic mass is 16.6. The lowest BCUT2D eigenvalue weighted by Gasteiger charge is -2.25. The summed E-state index contributed by atoms with van der Waals surface area (Å²) in [5.41, 5.74) is 0. The summed E-state index contributed by atoms with van der Waals surface area (Å²) in [5, 5.41) is 5.25. The molecule has 3 amide bonds. The topological polar surface area (TPSA) is 87.7 Å². The number of likely N-dealkylation sites (N-methyl/N-ethyl adjacent to an activating group) is 1. The third kappa shape index (κ3) is 35.4. The number of carbonyl (C=O) groups excluding carboxylic acids is 3. The fourth-order valence-corrected chi connectivity index (χ4v) is 5.69. The maximum Gasteiger partial charge on any atom is 0.410 e. The van der Waals surface area contributed by atoms with Gasteiger partial charge in [0.15, 0.2) is 0 Å². The van der Waals surface area contributed by atoms with Crippen molar-refractivity contribution in [3.8, 4) is 0 Å². The van der Waals surface area contributed by atoms with Gasteiger partial charge >= 0.3 is 6.09 Å². The number of allylic oxidation sites excluding steroid dienone is 14. The summed E-state index contributed by atoms with van der Waals surface area (Å²) < 4.78 is 5.84. The van der Waals surface area contributed by atoms with Gasteiger partial charge in [-0.2, -0.15) is 0 Å². The quantitative estimate of drug-likeness (QED) is 0.0499. The molecule has 306 valence electrons. The van der Waals surface area contributed by atoms with Crippen LogP contribution in [0, 0.1) is 0 Å². The second kappa shape index (κ2) is 40.6. The van der Waals surface area contributed by atoms with E-state index in [9.17, 15) is 14.4 Å². The van der Waals surface area contributed by atoms with Gasteiger partial charge in [-0.15, -0.1) is 0 Å². The minimum Gasteiger partial charge on any atom is -0.446 e. The van der Waals surface area contributed by atoms with Crippen LogP contribution in [0.2, 0.25) is 0 Å². The molecule has 0 rings (SSSR count). The highest BCUT2D eigenvalue weighted by Crippen LogP contribution is 2.14. The SMILES string of the molecule is CC/C=C/C/C=C/C/C=C/CCCCCCCCCCN(CC(=O)NC)C(=O)OC(CCC/C=C/C/C=C/C/C=C/C/C=C/CCCCC)CC(=O)NC. The first kappa shape index (κ1) is 50.4. The van der Waals surface area contributed by atoms with E-state index in [1.54, 1.807) is 14.1 Å². The molecule has 0 aliphatic rings. The van der Waals surface area contributed by atoms with Crippen molar-refractivity contribution in [3.05, 3.63) is 85.1 Å². The van der Waals surface area contributed by atoms with E-state index in [4.69, 9.17) is 4.74 Å². The highest BCUT2D eigenvalue weighted by molar-refractivity contribution is 5.82. The smallest absolute Gasteiger partial charge is 0.410 e. The van der Waals surface area contributed by atoms with Gasteiger partial charge in [-0.25, -0.2) is 4.79 Å². The maximum absolute atomic E-state index is 13.2. The van der Waals surface area contributed by atoms with Crippen LogP contribution in [0.25, 0.3) is 0 Å². The molecule has 7 heteroatoms. The maximum atomic E-state index is 13.2.